The lowest BCUT2D eigenvalue weighted by molar-refractivity contribution is -0.0812. The van der Waals surface area contributed by atoms with Crippen LogP contribution in [0.4, 0.5) is 0 Å². The van der Waals surface area contributed by atoms with Gasteiger partial charge in [-0.1, -0.05) is 52.7 Å². The summed E-state index contributed by atoms with van der Waals surface area (Å²) in [5.41, 5.74) is 1.03. The van der Waals surface area contributed by atoms with Crippen LogP contribution < -0.4 is 0 Å². The Balaban J connectivity index is 1.60. The van der Waals surface area contributed by atoms with Crippen LogP contribution in [-0.2, 0) is 0 Å². The normalized spacial score (nSPS) is 53.0. The highest BCUT2D eigenvalue weighted by molar-refractivity contribution is 5.18. The van der Waals surface area contributed by atoms with Gasteiger partial charge in [-0.15, -0.1) is 0 Å². The zero-order valence-corrected chi connectivity index (χ0v) is 17.0. The van der Waals surface area contributed by atoms with E-state index >= 15 is 0 Å². The molecule has 0 radical (unpaired) electrons. The molecule has 0 spiro atoms. The minimum absolute atomic E-state index is 0.0566. The highest BCUT2D eigenvalue weighted by Crippen LogP contribution is 2.66. The molecule has 0 bridgehead atoms. The number of hydrogen-bond donors (Lipinski definition) is 1. The lowest BCUT2D eigenvalue weighted by Crippen LogP contribution is -2.52. The third-order valence-electron chi connectivity index (χ3n) is 9.64. The van der Waals surface area contributed by atoms with Crippen molar-refractivity contribution < 1.29 is 5.11 Å². The lowest BCUT2D eigenvalue weighted by Gasteiger charge is -2.59. The Morgan fingerprint density at radius 3 is 2.48 bits per heavy atom. The van der Waals surface area contributed by atoms with Gasteiger partial charge in [-0.05, 0) is 91.3 Å². The molecule has 3 saturated carbocycles. The molecule has 1 nitrogen and oxygen atoms in total. The van der Waals surface area contributed by atoms with Gasteiger partial charge >= 0.3 is 0 Å². The summed E-state index contributed by atoms with van der Waals surface area (Å²) in [5, 5.41) is 10.2. The van der Waals surface area contributed by atoms with E-state index in [0.717, 1.165) is 42.4 Å². The summed E-state index contributed by atoms with van der Waals surface area (Å²) in [6.45, 7) is 10.1. The van der Waals surface area contributed by atoms with Gasteiger partial charge in [0.1, 0.15) is 0 Å². The van der Waals surface area contributed by atoms with Crippen molar-refractivity contribution in [3.8, 4) is 0 Å². The number of aliphatic hydroxyl groups is 1. The zero-order chi connectivity index (χ0) is 17.8. The number of aliphatic hydroxyl groups excluding tert-OH is 1. The fourth-order valence-electron chi connectivity index (χ4n) is 8.23. The van der Waals surface area contributed by atoms with E-state index in [1.165, 1.54) is 44.9 Å². The third kappa shape index (κ3) is 2.67. The van der Waals surface area contributed by atoms with Crippen molar-refractivity contribution in [1.82, 2.24) is 0 Å². The topological polar surface area (TPSA) is 20.2 Å². The van der Waals surface area contributed by atoms with Crippen LogP contribution in [0.15, 0.2) is 12.2 Å². The quantitative estimate of drug-likeness (QED) is 0.603. The first kappa shape index (κ1) is 18.1. The molecule has 25 heavy (non-hydrogen) atoms. The van der Waals surface area contributed by atoms with Gasteiger partial charge in [0, 0.05) is 0 Å². The highest BCUT2D eigenvalue weighted by Gasteiger charge is 2.59. The van der Waals surface area contributed by atoms with Crippen molar-refractivity contribution >= 4 is 0 Å². The Hall–Kier alpha value is -0.300. The Bertz CT molecular complexity index is 524. The first-order valence-electron chi connectivity index (χ1n) is 11.3. The molecular formula is C24H40O. The first-order chi connectivity index (χ1) is 11.9. The molecule has 0 aromatic heterocycles. The summed E-state index contributed by atoms with van der Waals surface area (Å²) in [4.78, 5) is 0. The molecule has 3 fully saturated rings. The first-order valence-corrected chi connectivity index (χ1v) is 11.3. The molecule has 0 aromatic carbocycles. The van der Waals surface area contributed by atoms with Crippen LogP contribution in [0.2, 0.25) is 0 Å². The van der Waals surface area contributed by atoms with E-state index in [1.54, 1.807) is 0 Å². The summed E-state index contributed by atoms with van der Waals surface area (Å²) in [5.74, 6) is 5.07. The lowest BCUT2D eigenvalue weighted by atomic mass is 9.46. The van der Waals surface area contributed by atoms with Gasteiger partial charge in [0.15, 0.2) is 0 Å². The minimum Gasteiger partial charge on any atom is -0.393 e. The van der Waals surface area contributed by atoms with Gasteiger partial charge in [-0.25, -0.2) is 0 Å². The van der Waals surface area contributed by atoms with Crippen molar-refractivity contribution in [2.75, 3.05) is 0 Å². The second-order valence-corrected chi connectivity index (χ2v) is 10.7. The van der Waals surface area contributed by atoms with E-state index in [9.17, 15) is 5.11 Å². The van der Waals surface area contributed by atoms with Gasteiger partial charge in [0.05, 0.1) is 6.10 Å². The molecule has 0 amide bonds. The Kier molecular flexibility index (Phi) is 4.63. The van der Waals surface area contributed by atoms with Crippen LogP contribution in [0, 0.1) is 46.3 Å². The van der Waals surface area contributed by atoms with Gasteiger partial charge in [0.2, 0.25) is 0 Å². The smallest absolute Gasteiger partial charge is 0.0546 e. The molecule has 1 heteroatoms. The number of allylic oxidation sites excluding steroid dienone is 2. The standard InChI is InChI=1S/C24H40O/c1-5-6-16(2)20-9-10-21-19-8-7-17-15-18(25)11-13-23(17,3)22(19)12-14-24(20,21)4/h7-8,16-22,25H,5-6,9-15H2,1-4H3/t16-,17?,18+,19+,20-,21+,22+,23+,24-/m1/s1. The molecular weight excluding hydrogens is 304 g/mol. The van der Waals surface area contributed by atoms with Crippen molar-refractivity contribution in [3.05, 3.63) is 12.2 Å². The predicted molar refractivity (Wildman–Crippen MR) is 105 cm³/mol. The van der Waals surface area contributed by atoms with Gasteiger partial charge in [-0.3, -0.25) is 0 Å². The van der Waals surface area contributed by atoms with Crippen LogP contribution in [0.5, 0.6) is 0 Å². The van der Waals surface area contributed by atoms with E-state index in [0.29, 0.717) is 16.7 Å². The summed E-state index contributed by atoms with van der Waals surface area (Å²) >= 11 is 0. The van der Waals surface area contributed by atoms with Crippen LogP contribution in [0.1, 0.15) is 85.5 Å². The third-order valence-corrected chi connectivity index (χ3v) is 9.64. The van der Waals surface area contributed by atoms with Crippen molar-refractivity contribution in [3.63, 3.8) is 0 Å². The number of fused-ring (bicyclic) bond motifs is 5. The SMILES string of the molecule is CCC[C@@H](C)[C@H]1CC[C@H]2[C@@H]3C=CC4C[C@@H](O)CC[C@]4(C)[C@H]3CC[C@]12C. The van der Waals surface area contributed by atoms with Crippen molar-refractivity contribution in [2.24, 2.45) is 46.3 Å². The minimum atomic E-state index is -0.0566. The van der Waals surface area contributed by atoms with E-state index < -0.39 is 0 Å². The molecule has 4 aliphatic carbocycles. The summed E-state index contributed by atoms with van der Waals surface area (Å²) < 4.78 is 0. The number of rotatable bonds is 3. The maximum Gasteiger partial charge on any atom is 0.0546 e. The largest absolute Gasteiger partial charge is 0.393 e. The van der Waals surface area contributed by atoms with Crippen molar-refractivity contribution in [1.29, 1.82) is 0 Å². The van der Waals surface area contributed by atoms with Crippen LogP contribution in [0.25, 0.3) is 0 Å². The average Bonchev–Trinajstić information content (AvgIpc) is 2.93. The maximum atomic E-state index is 10.2. The zero-order valence-electron chi connectivity index (χ0n) is 17.0. The van der Waals surface area contributed by atoms with E-state index in [1.807, 2.05) is 0 Å². The van der Waals surface area contributed by atoms with E-state index in [4.69, 9.17) is 0 Å². The second-order valence-electron chi connectivity index (χ2n) is 10.7. The van der Waals surface area contributed by atoms with Gasteiger partial charge in [-0.2, -0.15) is 0 Å². The van der Waals surface area contributed by atoms with Crippen LogP contribution in [-0.4, -0.2) is 11.2 Å². The molecule has 1 unspecified atom stereocenters. The van der Waals surface area contributed by atoms with Crippen molar-refractivity contribution in [2.45, 2.75) is 91.6 Å². The molecule has 0 heterocycles. The number of hydrogen-bond acceptors (Lipinski definition) is 1. The van der Waals surface area contributed by atoms with Crippen LogP contribution >= 0.6 is 0 Å². The molecule has 142 valence electrons. The highest BCUT2D eigenvalue weighted by atomic mass is 16.3. The Labute approximate surface area is 155 Å². The molecule has 9 atom stereocenters. The molecule has 0 aliphatic heterocycles. The fourth-order valence-corrected chi connectivity index (χ4v) is 8.23. The molecule has 1 N–H and O–H groups in total. The monoisotopic (exact) mass is 344 g/mol. The van der Waals surface area contributed by atoms with E-state index in [-0.39, 0.29) is 6.10 Å². The Morgan fingerprint density at radius 2 is 1.72 bits per heavy atom. The molecule has 0 saturated heterocycles. The predicted octanol–water partition coefficient (Wildman–Crippen LogP) is 6.22. The summed E-state index contributed by atoms with van der Waals surface area (Å²) in [7, 11) is 0. The van der Waals surface area contributed by atoms with Gasteiger partial charge in [0.25, 0.3) is 0 Å². The average molecular weight is 345 g/mol. The van der Waals surface area contributed by atoms with Crippen LogP contribution in [0.3, 0.4) is 0 Å². The van der Waals surface area contributed by atoms with Gasteiger partial charge < -0.3 is 5.11 Å². The molecule has 0 aromatic rings. The van der Waals surface area contributed by atoms with E-state index in [2.05, 4.69) is 39.8 Å². The summed E-state index contributed by atoms with van der Waals surface area (Å²) in [6, 6.07) is 0. The fraction of sp³-hybridized carbons (Fsp3) is 0.917. The maximum absolute atomic E-state index is 10.2. The molecule has 4 rings (SSSR count). The Morgan fingerprint density at radius 1 is 1.00 bits per heavy atom. The summed E-state index contributed by atoms with van der Waals surface area (Å²) in [6.07, 6.45) is 17.0. The molecule has 4 aliphatic rings. The second kappa shape index (κ2) is 6.39.